The van der Waals surface area contributed by atoms with Gasteiger partial charge in [0, 0.05) is 36.9 Å². The molecule has 1 aliphatic heterocycles. The van der Waals surface area contributed by atoms with Crippen LogP contribution in [0.25, 0.3) is 10.9 Å². The van der Waals surface area contributed by atoms with Crippen LogP contribution in [0.2, 0.25) is 0 Å². The lowest BCUT2D eigenvalue weighted by Crippen LogP contribution is -2.43. The molecule has 5 rings (SSSR count). The maximum absolute atomic E-state index is 14.6. The Balaban J connectivity index is 1.26. The molecule has 0 atom stereocenters. The van der Waals surface area contributed by atoms with Crippen LogP contribution in [0, 0.1) is 11.6 Å². The summed E-state index contributed by atoms with van der Waals surface area (Å²) in [5, 5.41) is 8.80. The predicted molar refractivity (Wildman–Crippen MR) is 139 cm³/mol. The number of benzene rings is 2. The van der Waals surface area contributed by atoms with Gasteiger partial charge in [-0.15, -0.1) is 0 Å². The van der Waals surface area contributed by atoms with Crippen molar-refractivity contribution in [3.05, 3.63) is 89.6 Å². The molecule has 2 aromatic heterocycles. The third kappa shape index (κ3) is 5.84. The van der Waals surface area contributed by atoms with Crippen LogP contribution in [0.1, 0.15) is 15.9 Å². The molecular formula is C27H24F2N6O3. The van der Waals surface area contributed by atoms with Crippen molar-refractivity contribution in [2.45, 2.75) is 6.54 Å². The topological polar surface area (TPSA) is 108 Å². The molecule has 194 valence electrons. The van der Waals surface area contributed by atoms with Crippen molar-refractivity contribution in [3.63, 3.8) is 0 Å². The van der Waals surface area contributed by atoms with E-state index in [4.69, 9.17) is 4.74 Å². The summed E-state index contributed by atoms with van der Waals surface area (Å²) in [6.07, 6.45) is 1.59. The minimum Gasteiger partial charge on any atom is -0.380 e. The van der Waals surface area contributed by atoms with E-state index in [1.54, 1.807) is 47.5 Å². The average molecular weight is 519 g/mol. The second-order valence-electron chi connectivity index (χ2n) is 8.59. The molecule has 3 amide bonds. The van der Waals surface area contributed by atoms with E-state index in [0.717, 1.165) is 11.6 Å². The molecule has 0 spiro atoms. The highest BCUT2D eigenvalue weighted by Gasteiger charge is 2.18. The summed E-state index contributed by atoms with van der Waals surface area (Å²) in [6, 6.07) is 15.0. The van der Waals surface area contributed by atoms with Crippen LogP contribution in [0.15, 0.2) is 66.9 Å². The second-order valence-corrected chi connectivity index (χ2v) is 8.59. The minimum absolute atomic E-state index is 0.243. The molecule has 0 saturated carbocycles. The first kappa shape index (κ1) is 25.0. The SMILES string of the molecule is O=C(Nc1nc2ccc(F)cc2cc1F)c1ccccc1NCc1ccnc(NC(=O)N2CCOCC2)c1. The third-order valence-corrected chi connectivity index (χ3v) is 5.97. The van der Waals surface area contributed by atoms with Crippen LogP contribution < -0.4 is 16.0 Å². The summed E-state index contributed by atoms with van der Waals surface area (Å²) >= 11 is 0. The summed E-state index contributed by atoms with van der Waals surface area (Å²) < 4.78 is 33.3. The Morgan fingerprint density at radius 1 is 0.974 bits per heavy atom. The first-order valence-corrected chi connectivity index (χ1v) is 11.9. The molecule has 0 aliphatic carbocycles. The largest absolute Gasteiger partial charge is 0.380 e. The zero-order valence-corrected chi connectivity index (χ0v) is 20.2. The van der Waals surface area contributed by atoms with Gasteiger partial charge in [0.15, 0.2) is 11.6 Å². The number of carbonyl (C=O) groups excluding carboxylic acids is 2. The molecule has 1 aliphatic rings. The Morgan fingerprint density at radius 3 is 2.63 bits per heavy atom. The number of nitrogens with zero attached hydrogens (tertiary/aromatic N) is 3. The van der Waals surface area contributed by atoms with E-state index in [2.05, 4.69) is 25.9 Å². The zero-order valence-electron chi connectivity index (χ0n) is 20.2. The van der Waals surface area contributed by atoms with Crippen LogP contribution in [-0.4, -0.2) is 53.1 Å². The molecule has 2 aromatic carbocycles. The van der Waals surface area contributed by atoms with Crippen LogP contribution in [0.4, 0.5) is 30.9 Å². The van der Waals surface area contributed by atoms with E-state index < -0.39 is 17.5 Å². The number of hydrogen-bond donors (Lipinski definition) is 3. The van der Waals surface area contributed by atoms with E-state index >= 15 is 0 Å². The van der Waals surface area contributed by atoms with Crippen LogP contribution >= 0.6 is 0 Å². The summed E-state index contributed by atoms with van der Waals surface area (Å²) in [5.41, 5.74) is 1.97. The Kier molecular flexibility index (Phi) is 7.36. The molecular weight excluding hydrogens is 494 g/mol. The summed E-state index contributed by atoms with van der Waals surface area (Å²) in [4.78, 5) is 35.5. The smallest absolute Gasteiger partial charge is 0.323 e. The van der Waals surface area contributed by atoms with Crippen molar-refractivity contribution in [2.24, 2.45) is 0 Å². The molecule has 1 saturated heterocycles. The molecule has 0 bridgehead atoms. The minimum atomic E-state index is -0.773. The maximum atomic E-state index is 14.6. The number of hydrogen-bond acceptors (Lipinski definition) is 6. The molecule has 3 heterocycles. The number of para-hydroxylation sites is 1. The Bertz CT molecular complexity index is 1490. The van der Waals surface area contributed by atoms with Gasteiger partial charge in [-0.05, 0) is 54.1 Å². The van der Waals surface area contributed by atoms with Crippen LogP contribution in [-0.2, 0) is 11.3 Å². The zero-order chi connectivity index (χ0) is 26.5. The number of ether oxygens (including phenoxy) is 1. The molecule has 9 nitrogen and oxygen atoms in total. The predicted octanol–water partition coefficient (Wildman–Crippen LogP) is 4.64. The maximum Gasteiger partial charge on any atom is 0.323 e. The number of rotatable bonds is 6. The van der Waals surface area contributed by atoms with Gasteiger partial charge in [0.05, 0.1) is 24.3 Å². The van der Waals surface area contributed by atoms with Crippen molar-refractivity contribution in [3.8, 4) is 0 Å². The van der Waals surface area contributed by atoms with E-state index in [0.29, 0.717) is 55.3 Å². The van der Waals surface area contributed by atoms with Crippen molar-refractivity contribution in [2.75, 3.05) is 42.3 Å². The van der Waals surface area contributed by atoms with Gasteiger partial charge < -0.3 is 20.3 Å². The third-order valence-electron chi connectivity index (χ3n) is 5.97. The fourth-order valence-corrected chi connectivity index (χ4v) is 4.02. The highest BCUT2D eigenvalue weighted by molar-refractivity contribution is 6.08. The lowest BCUT2D eigenvalue weighted by Gasteiger charge is -2.26. The number of carbonyl (C=O) groups is 2. The highest BCUT2D eigenvalue weighted by Crippen LogP contribution is 2.23. The van der Waals surface area contributed by atoms with Gasteiger partial charge in [-0.2, -0.15) is 0 Å². The van der Waals surface area contributed by atoms with Crippen LogP contribution in [0.5, 0.6) is 0 Å². The first-order valence-electron chi connectivity index (χ1n) is 11.9. The van der Waals surface area contributed by atoms with Crippen molar-refractivity contribution in [1.29, 1.82) is 0 Å². The van der Waals surface area contributed by atoms with Crippen molar-refractivity contribution in [1.82, 2.24) is 14.9 Å². The number of fused-ring (bicyclic) bond motifs is 1. The van der Waals surface area contributed by atoms with Crippen molar-refractivity contribution >= 4 is 40.2 Å². The van der Waals surface area contributed by atoms with E-state index in [1.807, 2.05) is 0 Å². The van der Waals surface area contributed by atoms with Gasteiger partial charge in [0.25, 0.3) is 5.91 Å². The molecule has 0 unspecified atom stereocenters. The molecule has 11 heteroatoms. The average Bonchev–Trinajstić information content (AvgIpc) is 2.93. The monoisotopic (exact) mass is 518 g/mol. The Hall–Kier alpha value is -4.64. The fourth-order valence-electron chi connectivity index (χ4n) is 4.02. The fraction of sp³-hybridized carbons (Fsp3) is 0.185. The number of pyridine rings is 2. The van der Waals surface area contributed by atoms with Crippen LogP contribution in [0.3, 0.4) is 0 Å². The number of aromatic nitrogens is 2. The number of amides is 3. The van der Waals surface area contributed by atoms with Gasteiger partial charge in [0.2, 0.25) is 0 Å². The first-order chi connectivity index (χ1) is 18.5. The number of halogens is 2. The highest BCUT2D eigenvalue weighted by atomic mass is 19.1. The normalized spacial score (nSPS) is 13.3. The number of urea groups is 1. The molecule has 4 aromatic rings. The Morgan fingerprint density at radius 2 is 1.79 bits per heavy atom. The molecule has 1 fully saturated rings. The van der Waals surface area contributed by atoms with Gasteiger partial charge in [0.1, 0.15) is 11.6 Å². The molecule has 38 heavy (non-hydrogen) atoms. The quantitative estimate of drug-likeness (QED) is 0.343. The van der Waals surface area contributed by atoms with E-state index in [-0.39, 0.29) is 17.4 Å². The van der Waals surface area contributed by atoms with Gasteiger partial charge >= 0.3 is 6.03 Å². The standard InChI is InChI=1S/C27H24F2N6O3/c28-19-5-6-22-18(14-19)15-21(29)25(32-22)34-26(36)20-3-1-2-4-23(20)31-16-17-7-8-30-24(13-17)33-27(37)35-9-11-38-12-10-35/h1-8,13-15,31H,9-12,16H2,(H,30,33,37)(H,32,34,36). The van der Waals surface area contributed by atoms with E-state index in [1.165, 1.54) is 18.2 Å². The van der Waals surface area contributed by atoms with Gasteiger partial charge in [-0.3, -0.25) is 10.1 Å². The summed E-state index contributed by atoms with van der Waals surface area (Å²) in [6.45, 7) is 2.37. The number of nitrogens with one attached hydrogen (secondary N) is 3. The lowest BCUT2D eigenvalue weighted by molar-refractivity contribution is 0.0564. The number of morpholine rings is 1. The lowest BCUT2D eigenvalue weighted by atomic mass is 10.1. The molecule has 0 radical (unpaired) electrons. The van der Waals surface area contributed by atoms with E-state index in [9.17, 15) is 18.4 Å². The van der Waals surface area contributed by atoms with Gasteiger partial charge in [-0.1, -0.05) is 12.1 Å². The van der Waals surface area contributed by atoms with Gasteiger partial charge in [-0.25, -0.2) is 23.5 Å². The summed E-state index contributed by atoms with van der Waals surface area (Å²) in [5.74, 6) is -1.68. The Labute approximate surface area is 216 Å². The second kappa shape index (κ2) is 11.2. The summed E-state index contributed by atoms with van der Waals surface area (Å²) in [7, 11) is 0. The molecule has 3 N–H and O–H groups in total. The number of anilines is 3. The van der Waals surface area contributed by atoms with Crippen molar-refractivity contribution < 1.29 is 23.1 Å².